The number of anilines is 2. The van der Waals surface area contributed by atoms with Gasteiger partial charge in [-0.15, -0.1) is 0 Å². The lowest BCUT2D eigenvalue weighted by molar-refractivity contribution is -0.125. The predicted octanol–water partition coefficient (Wildman–Crippen LogP) is 3.06. The first-order chi connectivity index (χ1) is 11.5. The van der Waals surface area contributed by atoms with Crippen LogP contribution in [0.4, 0.5) is 11.4 Å². The Kier molecular flexibility index (Phi) is 4.25. The molecule has 0 saturated carbocycles. The zero-order chi connectivity index (χ0) is 17.3. The Bertz CT molecular complexity index is 784. The number of carbonyl (C=O) groups is 2. The number of hydrogen-bond acceptors (Lipinski definition) is 3. The second-order valence-electron chi connectivity index (χ2n) is 6.05. The highest BCUT2D eigenvalue weighted by molar-refractivity contribution is 6.06. The van der Waals surface area contributed by atoms with E-state index >= 15 is 0 Å². The van der Waals surface area contributed by atoms with Crippen LogP contribution in [0.3, 0.4) is 0 Å². The minimum atomic E-state index is -0.636. The molecular formula is C19H20N2O3. The minimum Gasteiger partial charge on any atom is -0.482 e. The molecule has 0 saturated heterocycles. The normalized spacial score (nSPS) is 14.6. The van der Waals surface area contributed by atoms with Gasteiger partial charge in [-0.1, -0.05) is 23.8 Å². The van der Waals surface area contributed by atoms with Crippen LogP contribution in [0.15, 0.2) is 42.5 Å². The number of rotatable bonds is 3. The highest BCUT2D eigenvalue weighted by Crippen LogP contribution is 2.34. The molecular weight excluding hydrogens is 304 g/mol. The van der Waals surface area contributed by atoms with Crippen molar-refractivity contribution in [1.82, 2.24) is 0 Å². The smallest absolute Gasteiger partial charge is 0.265 e. The number of hydrogen-bond donors (Lipinski definition) is 1. The maximum atomic E-state index is 12.6. The molecule has 1 heterocycles. The maximum absolute atomic E-state index is 12.6. The summed E-state index contributed by atoms with van der Waals surface area (Å²) < 4.78 is 5.46. The molecule has 2 aromatic carbocycles. The van der Waals surface area contributed by atoms with Gasteiger partial charge in [0.05, 0.1) is 5.69 Å². The standard InChI is InChI=1S/C19H20N2O3/c1-12-4-7-15(8-5-12)20-19(23)14(3)21-16-10-13(2)6-9-17(16)24-11-18(21)22/h4-10,14H,11H2,1-3H3,(H,20,23). The zero-order valence-corrected chi connectivity index (χ0v) is 14.0. The SMILES string of the molecule is Cc1ccc(NC(=O)C(C)N2C(=O)COc3ccc(C)cc32)cc1. The van der Waals surface area contributed by atoms with Gasteiger partial charge in [0, 0.05) is 5.69 Å². The van der Waals surface area contributed by atoms with Crippen LogP contribution >= 0.6 is 0 Å². The minimum absolute atomic E-state index is 0.0573. The number of nitrogens with one attached hydrogen (secondary N) is 1. The monoisotopic (exact) mass is 324 g/mol. The van der Waals surface area contributed by atoms with Crippen molar-refractivity contribution in [2.75, 3.05) is 16.8 Å². The molecule has 1 aliphatic heterocycles. The zero-order valence-electron chi connectivity index (χ0n) is 14.0. The highest BCUT2D eigenvalue weighted by atomic mass is 16.5. The summed E-state index contributed by atoms with van der Waals surface area (Å²) in [5.41, 5.74) is 3.47. The fourth-order valence-corrected chi connectivity index (χ4v) is 2.71. The molecule has 124 valence electrons. The van der Waals surface area contributed by atoms with Crippen molar-refractivity contribution < 1.29 is 14.3 Å². The second kappa shape index (κ2) is 6.35. The van der Waals surface area contributed by atoms with Crippen LogP contribution in [0, 0.1) is 13.8 Å². The van der Waals surface area contributed by atoms with E-state index in [1.54, 1.807) is 6.92 Å². The van der Waals surface area contributed by atoms with E-state index in [0.717, 1.165) is 11.1 Å². The summed E-state index contributed by atoms with van der Waals surface area (Å²) in [6, 6.07) is 12.5. The van der Waals surface area contributed by atoms with E-state index in [1.165, 1.54) is 4.90 Å². The lowest BCUT2D eigenvalue weighted by Crippen LogP contribution is -2.49. The van der Waals surface area contributed by atoms with Crippen molar-refractivity contribution in [2.45, 2.75) is 26.8 Å². The van der Waals surface area contributed by atoms with Crippen LogP contribution in [-0.4, -0.2) is 24.5 Å². The second-order valence-corrected chi connectivity index (χ2v) is 6.05. The number of carbonyl (C=O) groups excluding carboxylic acids is 2. The van der Waals surface area contributed by atoms with E-state index < -0.39 is 6.04 Å². The van der Waals surface area contributed by atoms with E-state index in [0.29, 0.717) is 17.1 Å². The number of nitrogens with zero attached hydrogens (tertiary/aromatic N) is 1. The Balaban J connectivity index is 1.84. The van der Waals surface area contributed by atoms with E-state index in [-0.39, 0.29) is 18.4 Å². The van der Waals surface area contributed by atoms with Gasteiger partial charge in [0.25, 0.3) is 5.91 Å². The van der Waals surface area contributed by atoms with Gasteiger partial charge >= 0.3 is 0 Å². The van der Waals surface area contributed by atoms with Crippen molar-refractivity contribution in [2.24, 2.45) is 0 Å². The van der Waals surface area contributed by atoms with Crippen molar-refractivity contribution in [3.63, 3.8) is 0 Å². The van der Waals surface area contributed by atoms with Gasteiger partial charge < -0.3 is 10.1 Å². The quantitative estimate of drug-likeness (QED) is 0.944. The Morgan fingerprint density at radius 2 is 1.79 bits per heavy atom. The van der Waals surface area contributed by atoms with Gasteiger partial charge in [-0.3, -0.25) is 14.5 Å². The number of amides is 2. The molecule has 5 nitrogen and oxygen atoms in total. The van der Waals surface area contributed by atoms with Crippen molar-refractivity contribution in [3.05, 3.63) is 53.6 Å². The van der Waals surface area contributed by atoms with Gasteiger partial charge in [0.15, 0.2) is 6.61 Å². The first-order valence-corrected chi connectivity index (χ1v) is 7.89. The molecule has 2 aromatic rings. The molecule has 0 aromatic heterocycles. The first kappa shape index (κ1) is 16.1. The summed E-state index contributed by atoms with van der Waals surface area (Å²) in [6.07, 6.45) is 0. The first-order valence-electron chi connectivity index (χ1n) is 7.89. The Morgan fingerprint density at radius 3 is 2.50 bits per heavy atom. The fourth-order valence-electron chi connectivity index (χ4n) is 2.71. The van der Waals surface area contributed by atoms with E-state index in [1.807, 2.05) is 56.3 Å². The van der Waals surface area contributed by atoms with Crippen molar-refractivity contribution in [3.8, 4) is 5.75 Å². The third-order valence-corrected chi connectivity index (χ3v) is 4.08. The third-order valence-electron chi connectivity index (χ3n) is 4.08. The Labute approximate surface area is 141 Å². The summed E-state index contributed by atoms with van der Waals surface area (Å²) >= 11 is 0. The molecule has 0 spiro atoms. The fraction of sp³-hybridized carbons (Fsp3) is 0.263. The van der Waals surface area contributed by atoms with Gasteiger partial charge in [-0.05, 0) is 50.6 Å². The molecule has 24 heavy (non-hydrogen) atoms. The molecule has 3 rings (SSSR count). The molecule has 1 aliphatic rings. The van der Waals surface area contributed by atoms with Gasteiger partial charge in [-0.2, -0.15) is 0 Å². The van der Waals surface area contributed by atoms with E-state index in [4.69, 9.17) is 4.74 Å². The van der Waals surface area contributed by atoms with Crippen LogP contribution in [0.2, 0.25) is 0 Å². The van der Waals surface area contributed by atoms with Gasteiger partial charge in [0.2, 0.25) is 5.91 Å². The van der Waals surface area contributed by atoms with Crippen LogP contribution < -0.4 is 15.0 Å². The molecule has 2 amide bonds. The van der Waals surface area contributed by atoms with Crippen molar-refractivity contribution in [1.29, 1.82) is 0 Å². The van der Waals surface area contributed by atoms with Crippen LogP contribution in [0.1, 0.15) is 18.1 Å². The Morgan fingerprint density at radius 1 is 1.12 bits per heavy atom. The average Bonchev–Trinajstić information content (AvgIpc) is 2.56. The molecule has 0 radical (unpaired) electrons. The summed E-state index contributed by atoms with van der Waals surface area (Å²) in [5, 5.41) is 2.86. The molecule has 1 N–H and O–H groups in total. The van der Waals surface area contributed by atoms with Gasteiger partial charge in [0.1, 0.15) is 11.8 Å². The molecule has 0 bridgehead atoms. The van der Waals surface area contributed by atoms with E-state index in [9.17, 15) is 9.59 Å². The largest absolute Gasteiger partial charge is 0.482 e. The molecule has 0 fully saturated rings. The Hall–Kier alpha value is -2.82. The summed E-state index contributed by atoms with van der Waals surface area (Å²) in [5.74, 6) is 0.163. The lowest BCUT2D eigenvalue weighted by atomic mass is 10.1. The molecule has 0 aliphatic carbocycles. The third kappa shape index (κ3) is 3.11. The summed E-state index contributed by atoms with van der Waals surface area (Å²) in [7, 11) is 0. The average molecular weight is 324 g/mol. The summed E-state index contributed by atoms with van der Waals surface area (Å²) in [6.45, 7) is 5.59. The van der Waals surface area contributed by atoms with Crippen molar-refractivity contribution >= 4 is 23.2 Å². The number of ether oxygens (including phenoxy) is 1. The predicted molar refractivity (Wildman–Crippen MR) is 93.4 cm³/mol. The number of benzene rings is 2. The van der Waals surface area contributed by atoms with Gasteiger partial charge in [-0.25, -0.2) is 0 Å². The number of aryl methyl sites for hydroxylation is 2. The lowest BCUT2D eigenvalue weighted by Gasteiger charge is -2.33. The highest BCUT2D eigenvalue weighted by Gasteiger charge is 2.33. The molecule has 1 unspecified atom stereocenters. The maximum Gasteiger partial charge on any atom is 0.265 e. The van der Waals surface area contributed by atoms with E-state index in [2.05, 4.69) is 5.32 Å². The molecule has 5 heteroatoms. The van der Waals surface area contributed by atoms with Crippen LogP contribution in [0.5, 0.6) is 5.75 Å². The van der Waals surface area contributed by atoms with Crippen LogP contribution in [0.25, 0.3) is 0 Å². The summed E-state index contributed by atoms with van der Waals surface area (Å²) in [4.78, 5) is 26.4. The van der Waals surface area contributed by atoms with Crippen LogP contribution in [-0.2, 0) is 9.59 Å². The number of fused-ring (bicyclic) bond motifs is 1. The topological polar surface area (TPSA) is 58.6 Å². The molecule has 1 atom stereocenters.